The molecule has 1 fully saturated rings. The number of carbonyl (C=O) groups is 3. The molecule has 0 spiro atoms. The topological polar surface area (TPSA) is 145 Å². The fourth-order valence-electron chi connectivity index (χ4n) is 2.48. The molecule has 144 valence electrons. The minimum Gasteiger partial charge on any atom is -0.480 e. The van der Waals surface area contributed by atoms with E-state index in [9.17, 15) is 14.4 Å². The van der Waals surface area contributed by atoms with Crippen LogP contribution in [0.3, 0.4) is 0 Å². The van der Waals surface area contributed by atoms with Gasteiger partial charge in [-0.15, -0.1) is 0 Å². The van der Waals surface area contributed by atoms with E-state index in [0.29, 0.717) is 27.7 Å². The average Bonchev–Trinajstić information content (AvgIpc) is 2.96. The third kappa shape index (κ3) is 4.70. The summed E-state index contributed by atoms with van der Waals surface area (Å²) in [5, 5.41) is 10.6. The number of ether oxygens (including phenoxy) is 1. The summed E-state index contributed by atoms with van der Waals surface area (Å²) in [7, 11) is 0. The normalized spacial score (nSPS) is 16.1. The largest absolute Gasteiger partial charge is 0.480 e. The minimum atomic E-state index is -1.05. The Hall–Kier alpha value is -3.30. The van der Waals surface area contributed by atoms with Gasteiger partial charge in [0.2, 0.25) is 0 Å². The van der Waals surface area contributed by atoms with Gasteiger partial charge in [-0.3, -0.25) is 19.7 Å². The molecular formula is C19H17N3O5S. The number of nitrogens with two attached hydrogens (primary N) is 2. The molecule has 2 aromatic rings. The number of hydrogen-bond acceptors (Lipinski definition) is 7. The Morgan fingerprint density at radius 1 is 1.21 bits per heavy atom. The lowest BCUT2D eigenvalue weighted by Gasteiger charge is -2.11. The van der Waals surface area contributed by atoms with Crippen LogP contribution in [0, 0.1) is 0 Å². The number of nitrogen functional groups attached to an aromatic ring is 1. The highest BCUT2D eigenvalue weighted by molar-refractivity contribution is 8.18. The fourth-order valence-corrected chi connectivity index (χ4v) is 3.17. The molecule has 1 aliphatic rings. The zero-order valence-corrected chi connectivity index (χ0v) is 15.4. The van der Waals surface area contributed by atoms with Crippen molar-refractivity contribution >= 4 is 40.6 Å². The zero-order chi connectivity index (χ0) is 20.3. The molecule has 0 radical (unpaired) electrons. The Labute approximate surface area is 164 Å². The Kier molecular flexibility index (Phi) is 5.67. The van der Waals surface area contributed by atoms with Gasteiger partial charge in [-0.2, -0.15) is 0 Å². The van der Waals surface area contributed by atoms with Gasteiger partial charge in [0.25, 0.3) is 11.1 Å². The van der Waals surface area contributed by atoms with Crippen molar-refractivity contribution in [2.24, 2.45) is 5.73 Å². The van der Waals surface area contributed by atoms with Gasteiger partial charge in [-0.25, -0.2) is 0 Å². The van der Waals surface area contributed by atoms with E-state index in [2.05, 4.69) is 5.32 Å². The van der Waals surface area contributed by atoms with Gasteiger partial charge in [-0.05, 0) is 59.7 Å². The number of imide groups is 1. The third-order valence-electron chi connectivity index (χ3n) is 3.90. The molecule has 1 heterocycles. The highest BCUT2D eigenvalue weighted by Gasteiger charge is 2.25. The van der Waals surface area contributed by atoms with Crippen LogP contribution in [0.25, 0.3) is 6.08 Å². The lowest BCUT2D eigenvalue weighted by atomic mass is 10.1. The van der Waals surface area contributed by atoms with Crippen LogP contribution in [0.4, 0.5) is 10.5 Å². The molecule has 0 bridgehead atoms. The van der Waals surface area contributed by atoms with Crippen molar-refractivity contribution in [3.63, 3.8) is 0 Å². The maximum atomic E-state index is 11.6. The Bertz CT molecular complexity index is 972. The van der Waals surface area contributed by atoms with Crippen molar-refractivity contribution in [2.75, 3.05) is 5.73 Å². The van der Waals surface area contributed by atoms with E-state index in [1.165, 1.54) is 0 Å². The van der Waals surface area contributed by atoms with Gasteiger partial charge in [0.1, 0.15) is 17.5 Å². The Morgan fingerprint density at radius 2 is 1.93 bits per heavy atom. The number of amides is 2. The summed E-state index contributed by atoms with van der Waals surface area (Å²) in [4.78, 5) is 33.9. The Balaban J connectivity index is 1.70. The number of aliphatic carboxylic acids is 1. The molecule has 1 aliphatic heterocycles. The van der Waals surface area contributed by atoms with E-state index >= 15 is 0 Å². The predicted molar refractivity (Wildman–Crippen MR) is 106 cm³/mol. The summed E-state index contributed by atoms with van der Waals surface area (Å²) in [6.07, 6.45) is 1.79. The second kappa shape index (κ2) is 8.15. The van der Waals surface area contributed by atoms with E-state index in [1.54, 1.807) is 48.5 Å². The number of carbonyl (C=O) groups excluding carboxylic acids is 2. The monoisotopic (exact) mass is 399 g/mol. The van der Waals surface area contributed by atoms with Crippen LogP contribution in [-0.2, 0) is 16.0 Å². The number of rotatable bonds is 6. The van der Waals surface area contributed by atoms with Gasteiger partial charge in [0, 0.05) is 0 Å². The van der Waals surface area contributed by atoms with Crippen LogP contribution in [0.15, 0.2) is 47.4 Å². The molecule has 3 rings (SSSR count). The number of nitrogens with one attached hydrogen (secondary N) is 1. The van der Waals surface area contributed by atoms with Crippen molar-refractivity contribution in [2.45, 2.75) is 12.5 Å². The molecule has 1 saturated heterocycles. The lowest BCUT2D eigenvalue weighted by Crippen LogP contribution is -2.32. The van der Waals surface area contributed by atoms with Gasteiger partial charge >= 0.3 is 5.97 Å². The first-order valence-corrected chi connectivity index (χ1v) is 9.03. The number of hydrogen-bond donors (Lipinski definition) is 4. The summed E-state index contributed by atoms with van der Waals surface area (Å²) >= 11 is 0.832. The SMILES string of the molecule is Nc1cc(/C=C2/SC(=O)NC2=O)ccc1Oc1ccc(CC(N)C(=O)O)cc1. The zero-order valence-electron chi connectivity index (χ0n) is 14.5. The first kappa shape index (κ1) is 19.5. The van der Waals surface area contributed by atoms with E-state index in [1.807, 2.05) is 0 Å². The van der Waals surface area contributed by atoms with Gasteiger partial charge in [0.05, 0.1) is 10.6 Å². The summed E-state index contributed by atoms with van der Waals surface area (Å²) in [5.74, 6) is -0.531. The number of benzene rings is 2. The first-order chi connectivity index (χ1) is 13.3. The van der Waals surface area contributed by atoms with Crippen molar-refractivity contribution in [1.82, 2.24) is 5.32 Å². The molecule has 28 heavy (non-hydrogen) atoms. The van der Waals surface area contributed by atoms with Crippen molar-refractivity contribution in [1.29, 1.82) is 0 Å². The van der Waals surface area contributed by atoms with E-state index in [0.717, 1.165) is 17.3 Å². The molecule has 9 heteroatoms. The second-order valence-electron chi connectivity index (χ2n) is 6.04. The van der Waals surface area contributed by atoms with E-state index in [-0.39, 0.29) is 6.42 Å². The molecule has 1 unspecified atom stereocenters. The molecule has 2 amide bonds. The molecule has 0 saturated carbocycles. The first-order valence-electron chi connectivity index (χ1n) is 8.21. The molecular weight excluding hydrogens is 382 g/mol. The summed E-state index contributed by atoms with van der Waals surface area (Å²) < 4.78 is 5.75. The molecule has 1 atom stereocenters. The quantitative estimate of drug-likeness (QED) is 0.428. The van der Waals surface area contributed by atoms with Crippen LogP contribution in [0.5, 0.6) is 11.5 Å². The third-order valence-corrected chi connectivity index (χ3v) is 4.71. The van der Waals surface area contributed by atoms with Crippen molar-refractivity contribution < 1.29 is 24.2 Å². The molecule has 8 nitrogen and oxygen atoms in total. The maximum Gasteiger partial charge on any atom is 0.320 e. The van der Waals surface area contributed by atoms with Crippen molar-refractivity contribution in [3.05, 3.63) is 58.5 Å². The maximum absolute atomic E-state index is 11.6. The summed E-state index contributed by atoms with van der Waals surface area (Å²) in [6, 6.07) is 10.9. The number of thioether (sulfide) groups is 1. The van der Waals surface area contributed by atoms with Crippen LogP contribution in [-0.4, -0.2) is 28.3 Å². The Morgan fingerprint density at radius 3 is 2.50 bits per heavy atom. The minimum absolute atomic E-state index is 0.217. The van der Waals surface area contributed by atoms with Crippen LogP contribution in [0.1, 0.15) is 11.1 Å². The smallest absolute Gasteiger partial charge is 0.320 e. The summed E-state index contributed by atoms with van der Waals surface area (Å²) in [6.45, 7) is 0. The number of carboxylic acids is 1. The van der Waals surface area contributed by atoms with Gasteiger partial charge in [0.15, 0.2) is 0 Å². The average molecular weight is 399 g/mol. The molecule has 0 aromatic heterocycles. The van der Waals surface area contributed by atoms with Gasteiger partial charge < -0.3 is 21.3 Å². The van der Waals surface area contributed by atoms with Crippen LogP contribution < -0.4 is 21.5 Å². The summed E-state index contributed by atoms with van der Waals surface area (Å²) in [5.41, 5.74) is 13.3. The predicted octanol–water partition coefficient (Wildman–Crippen LogP) is 2.34. The number of carboxylic acid groups (broad SMARTS) is 1. The molecule has 2 aromatic carbocycles. The van der Waals surface area contributed by atoms with Crippen LogP contribution >= 0.6 is 11.8 Å². The number of anilines is 1. The van der Waals surface area contributed by atoms with Gasteiger partial charge in [-0.1, -0.05) is 18.2 Å². The van der Waals surface area contributed by atoms with Crippen molar-refractivity contribution in [3.8, 4) is 11.5 Å². The van der Waals surface area contributed by atoms with E-state index < -0.39 is 23.2 Å². The molecule has 6 N–H and O–H groups in total. The van der Waals surface area contributed by atoms with Crippen LogP contribution in [0.2, 0.25) is 0 Å². The second-order valence-corrected chi connectivity index (χ2v) is 7.06. The van der Waals surface area contributed by atoms with E-state index in [4.69, 9.17) is 21.3 Å². The standard InChI is InChI=1S/C19H17N3O5S/c20-13-8-11(9-16-17(23)22-19(26)28-16)3-6-15(13)27-12-4-1-10(2-5-12)7-14(21)18(24)25/h1-6,8-9,14H,7,20-21H2,(H,24,25)(H,22,23,26)/b16-9+. The highest BCUT2D eigenvalue weighted by atomic mass is 32.2. The lowest BCUT2D eigenvalue weighted by molar-refractivity contribution is -0.138. The molecule has 0 aliphatic carbocycles. The fraction of sp³-hybridized carbons (Fsp3) is 0.105. The highest BCUT2D eigenvalue weighted by Crippen LogP contribution is 2.31.